The van der Waals surface area contributed by atoms with Gasteiger partial charge in [0.15, 0.2) is 0 Å². The Morgan fingerprint density at radius 3 is 2.50 bits per heavy atom. The van der Waals surface area contributed by atoms with E-state index in [2.05, 4.69) is 25.4 Å². The number of benzene rings is 1. The first kappa shape index (κ1) is 22.3. The number of carbonyl (C=O) groups is 2. The Hall–Kier alpha value is -2.41. The third kappa shape index (κ3) is 5.19. The van der Waals surface area contributed by atoms with Gasteiger partial charge in [-0.25, -0.2) is 0 Å². The minimum Gasteiger partial charge on any atom is -0.359 e. The number of nitrogens with zero attached hydrogens (tertiary/aromatic N) is 3. The Morgan fingerprint density at radius 1 is 1.20 bits per heavy atom. The fourth-order valence-electron chi connectivity index (χ4n) is 3.51. The third-order valence-electron chi connectivity index (χ3n) is 5.68. The van der Waals surface area contributed by atoms with Gasteiger partial charge in [0.05, 0.1) is 0 Å². The highest BCUT2D eigenvalue weighted by Crippen LogP contribution is 2.37. The van der Waals surface area contributed by atoms with Gasteiger partial charge in [0.2, 0.25) is 11.8 Å². The van der Waals surface area contributed by atoms with Gasteiger partial charge < -0.3 is 15.2 Å². The normalized spacial score (nSPS) is 13.9. The summed E-state index contributed by atoms with van der Waals surface area (Å²) in [7, 11) is 1.66. The lowest BCUT2D eigenvalue weighted by Crippen LogP contribution is -2.35. The summed E-state index contributed by atoms with van der Waals surface area (Å²) in [4.78, 5) is 24.5. The number of carbonyl (C=O) groups excluding carboxylic acids is 2. The maximum absolute atomic E-state index is 12.5. The lowest BCUT2D eigenvalue weighted by molar-refractivity contribution is -0.129. The van der Waals surface area contributed by atoms with E-state index in [1.807, 2.05) is 32.9 Å². The molecule has 0 aliphatic heterocycles. The summed E-state index contributed by atoms with van der Waals surface area (Å²) in [6, 6.07) is 5.88. The minimum atomic E-state index is -0.468. The summed E-state index contributed by atoms with van der Waals surface area (Å²) in [5.41, 5.74) is 1.12. The van der Waals surface area contributed by atoms with Crippen LogP contribution in [0.1, 0.15) is 62.8 Å². The van der Waals surface area contributed by atoms with Gasteiger partial charge in [-0.3, -0.25) is 9.59 Å². The number of halogens is 1. The molecule has 2 amide bonds. The molecular weight excluding hydrogens is 402 g/mol. The zero-order chi connectivity index (χ0) is 21.9. The number of aryl methyl sites for hydroxylation is 2. The number of anilines is 1. The molecule has 1 fully saturated rings. The fourth-order valence-corrected chi connectivity index (χ4v) is 3.69. The predicted octanol–water partition coefficient (Wildman–Crippen LogP) is 3.85. The quantitative estimate of drug-likeness (QED) is 0.631. The topological polar surface area (TPSA) is 88.9 Å². The maximum atomic E-state index is 12.5. The van der Waals surface area contributed by atoms with Crippen LogP contribution in [0.3, 0.4) is 0 Å². The van der Waals surface area contributed by atoms with Crippen LogP contribution in [0.5, 0.6) is 0 Å². The molecule has 0 unspecified atom stereocenters. The molecule has 0 atom stereocenters. The highest BCUT2D eigenvalue weighted by Gasteiger charge is 2.31. The molecule has 7 nitrogen and oxygen atoms in total. The highest BCUT2D eigenvalue weighted by molar-refractivity contribution is 6.31. The standard InChI is InChI=1S/C22H30ClN5O2/c1-14-16(23)6-5-7-17(14)25-20(29)11-10-18-26-27-19(28(18)15-8-9-15)12-13-22(2,3)21(30)24-4/h5-7,15H,8-13H2,1-4H3,(H,24,30)(H,25,29). The van der Waals surface area contributed by atoms with Gasteiger partial charge in [-0.1, -0.05) is 31.5 Å². The summed E-state index contributed by atoms with van der Waals surface area (Å²) in [5.74, 6) is 1.68. The number of rotatable bonds is 9. The van der Waals surface area contributed by atoms with E-state index in [0.29, 0.717) is 36.7 Å². The van der Waals surface area contributed by atoms with Crippen molar-refractivity contribution in [3.05, 3.63) is 40.4 Å². The molecule has 2 aromatic rings. The zero-order valence-corrected chi connectivity index (χ0v) is 18.8. The van der Waals surface area contributed by atoms with Crippen LogP contribution < -0.4 is 10.6 Å². The molecule has 8 heteroatoms. The molecule has 0 saturated heterocycles. The van der Waals surface area contributed by atoms with Crippen LogP contribution in [0.4, 0.5) is 5.69 Å². The van der Waals surface area contributed by atoms with Crippen LogP contribution >= 0.6 is 11.6 Å². The molecule has 1 aromatic heterocycles. The number of hydrogen-bond donors (Lipinski definition) is 2. The summed E-state index contributed by atoms with van der Waals surface area (Å²) < 4.78 is 2.18. The van der Waals surface area contributed by atoms with E-state index in [-0.39, 0.29) is 11.8 Å². The minimum absolute atomic E-state index is 0.0215. The number of aromatic nitrogens is 3. The molecule has 30 heavy (non-hydrogen) atoms. The molecule has 162 valence electrons. The molecule has 1 aliphatic rings. The van der Waals surface area contributed by atoms with Crippen LogP contribution in [0.25, 0.3) is 0 Å². The fraction of sp³-hybridized carbons (Fsp3) is 0.545. The molecule has 0 spiro atoms. The predicted molar refractivity (Wildman–Crippen MR) is 118 cm³/mol. The SMILES string of the molecule is CNC(=O)C(C)(C)CCc1nnc(CCC(=O)Nc2cccc(Cl)c2C)n1C1CC1. The van der Waals surface area contributed by atoms with E-state index in [0.717, 1.165) is 35.7 Å². The number of hydrogen-bond acceptors (Lipinski definition) is 4. The molecule has 3 rings (SSSR count). The Labute approximate surface area is 182 Å². The van der Waals surface area contributed by atoms with Crippen molar-refractivity contribution in [3.63, 3.8) is 0 Å². The molecule has 1 saturated carbocycles. The second kappa shape index (κ2) is 9.16. The van der Waals surface area contributed by atoms with Gasteiger partial charge in [0, 0.05) is 48.5 Å². The van der Waals surface area contributed by atoms with Crippen LogP contribution in [0, 0.1) is 12.3 Å². The molecule has 0 bridgehead atoms. The second-order valence-electron chi connectivity index (χ2n) is 8.56. The first-order valence-corrected chi connectivity index (χ1v) is 10.8. The van der Waals surface area contributed by atoms with Crippen LogP contribution in [-0.4, -0.2) is 33.6 Å². The van der Waals surface area contributed by atoms with Crippen molar-refractivity contribution in [2.24, 2.45) is 5.41 Å². The van der Waals surface area contributed by atoms with E-state index >= 15 is 0 Å². The molecule has 1 aromatic carbocycles. The van der Waals surface area contributed by atoms with Crippen molar-refractivity contribution in [3.8, 4) is 0 Å². The van der Waals surface area contributed by atoms with Gasteiger partial charge in [-0.2, -0.15) is 0 Å². The van der Waals surface area contributed by atoms with Crippen molar-refractivity contribution in [1.82, 2.24) is 20.1 Å². The summed E-state index contributed by atoms with van der Waals surface area (Å²) >= 11 is 6.13. The third-order valence-corrected chi connectivity index (χ3v) is 6.09. The monoisotopic (exact) mass is 431 g/mol. The average Bonchev–Trinajstić information content (AvgIpc) is 3.47. The van der Waals surface area contributed by atoms with E-state index in [1.165, 1.54) is 0 Å². The maximum Gasteiger partial charge on any atom is 0.225 e. The van der Waals surface area contributed by atoms with Crippen LogP contribution in [-0.2, 0) is 22.4 Å². The summed E-state index contributed by atoms with van der Waals surface area (Å²) in [5, 5.41) is 15.0. The second-order valence-corrected chi connectivity index (χ2v) is 8.96. The lowest BCUT2D eigenvalue weighted by atomic mass is 9.86. The Kier molecular flexibility index (Phi) is 6.81. The lowest BCUT2D eigenvalue weighted by Gasteiger charge is -2.22. The number of nitrogens with one attached hydrogen (secondary N) is 2. The summed E-state index contributed by atoms with van der Waals surface area (Å²) in [6.07, 6.45) is 4.41. The molecule has 2 N–H and O–H groups in total. The van der Waals surface area contributed by atoms with Gasteiger partial charge in [-0.05, 0) is 43.9 Å². The molecule has 1 heterocycles. The van der Waals surface area contributed by atoms with Crippen molar-refractivity contribution in [2.45, 2.75) is 65.3 Å². The molecule has 0 radical (unpaired) electrons. The first-order valence-electron chi connectivity index (χ1n) is 10.4. The van der Waals surface area contributed by atoms with Crippen LogP contribution in [0.15, 0.2) is 18.2 Å². The average molecular weight is 432 g/mol. The van der Waals surface area contributed by atoms with Gasteiger partial charge in [-0.15, -0.1) is 10.2 Å². The van der Waals surface area contributed by atoms with Gasteiger partial charge in [0.1, 0.15) is 11.6 Å². The Bertz CT molecular complexity index is 934. The van der Waals surface area contributed by atoms with Crippen molar-refractivity contribution in [2.75, 3.05) is 12.4 Å². The van der Waals surface area contributed by atoms with E-state index < -0.39 is 5.41 Å². The van der Waals surface area contributed by atoms with Crippen LogP contribution in [0.2, 0.25) is 5.02 Å². The van der Waals surface area contributed by atoms with Crippen molar-refractivity contribution < 1.29 is 9.59 Å². The Morgan fingerprint density at radius 2 is 1.87 bits per heavy atom. The highest BCUT2D eigenvalue weighted by atomic mass is 35.5. The van der Waals surface area contributed by atoms with E-state index in [4.69, 9.17) is 11.6 Å². The van der Waals surface area contributed by atoms with Gasteiger partial charge >= 0.3 is 0 Å². The van der Waals surface area contributed by atoms with E-state index in [9.17, 15) is 9.59 Å². The Balaban J connectivity index is 1.63. The van der Waals surface area contributed by atoms with E-state index in [1.54, 1.807) is 13.1 Å². The molecular formula is C22H30ClN5O2. The van der Waals surface area contributed by atoms with Crippen molar-refractivity contribution >= 4 is 29.1 Å². The smallest absolute Gasteiger partial charge is 0.225 e. The first-order chi connectivity index (χ1) is 14.2. The zero-order valence-electron chi connectivity index (χ0n) is 18.1. The summed E-state index contributed by atoms with van der Waals surface area (Å²) in [6.45, 7) is 5.76. The van der Waals surface area contributed by atoms with Gasteiger partial charge in [0.25, 0.3) is 0 Å². The van der Waals surface area contributed by atoms with Crippen molar-refractivity contribution in [1.29, 1.82) is 0 Å². The number of amides is 2. The molecule has 1 aliphatic carbocycles. The largest absolute Gasteiger partial charge is 0.359 e.